The summed E-state index contributed by atoms with van der Waals surface area (Å²) in [6.45, 7) is 2.90. The third kappa shape index (κ3) is 3.28. The molecule has 0 aliphatic carbocycles. The lowest BCUT2D eigenvalue weighted by Gasteiger charge is -2.05. The zero-order valence-electron chi connectivity index (χ0n) is 11.9. The SMILES string of the molecule is CCCCOc1nc(N)c2nc(OC)n(CC#CCl)c2n1. The number of ether oxygens (including phenoxy) is 2. The Hall–Kier alpha value is -2.20. The van der Waals surface area contributed by atoms with Crippen molar-refractivity contribution in [1.82, 2.24) is 19.5 Å². The second kappa shape index (κ2) is 6.99. The molecule has 0 radical (unpaired) electrons. The van der Waals surface area contributed by atoms with E-state index in [1.165, 1.54) is 7.11 Å². The van der Waals surface area contributed by atoms with Gasteiger partial charge in [0, 0.05) is 5.38 Å². The molecule has 0 saturated carbocycles. The fraction of sp³-hybridized carbons (Fsp3) is 0.462. The minimum atomic E-state index is 0.219. The number of methoxy groups -OCH3 is 1. The molecule has 21 heavy (non-hydrogen) atoms. The summed E-state index contributed by atoms with van der Waals surface area (Å²) >= 11 is 5.39. The van der Waals surface area contributed by atoms with Crippen LogP contribution in [0.5, 0.6) is 12.0 Å². The molecule has 0 unspecified atom stereocenters. The van der Waals surface area contributed by atoms with E-state index in [9.17, 15) is 0 Å². The highest BCUT2D eigenvalue weighted by molar-refractivity contribution is 6.30. The number of nitrogens with zero attached hydrogens (tertiary/aromatic N) is 4. The monoisotopic (exact) mass is 309 g/mol. The van der Waals surface area contributed by atoms with Crippen molar-refractivity contribution in [1.29, 1.82) is 0 Å². The summed E-state index contributed by atoms with van der Waals surface area (Å²) in [6.07, 6.45) is 1.94. The van der Waals surface area contributed by atoms with E-state index in [-0.39, 0.29) is 18.4 Å². The van der Waals surface area contributed by atoms with Gasteiger partial charge in [-0.2, -0.15) is 15.0 Å². The highest BCUT2D eigenvalue weighted by Crippen LogP contribution is 2.25. The van der Waals surface area contributed by atoms with Gasteiger partial charge in [-0.1, -0.05) is 19.3 Å². The van der Waals surface area contributed by atoms with Crippen molar-refractivity contribution in [2.24, 2.45) is 0 Å². The molecule has 7 nitrogen and oxygen atoms in total. The Labute approximate surface area is 127 Å². The first kappa shape index (κ1) is 15.2. The van der Waals surface area contributed by atoms with Crippen molar-refractivity contribution in [3.05, 3.63) is 0 Å². The topological polar surface area (TPSA) is 88.1 Å². The Kier molecular flexibility index (Phi) is 5.06. The van der Waals surface area contributed by atoms with E-state index in [0.717, 1.165) is 12.8 Å². The summed E-state index contributed by atoms with van der Waals surface area (Å²) in [5.41, 5.74) is 6.86. The maximum absolute atomic E-state index is 5.90. The third-order valence-electron chi connectivity index (χ3n) is 2.78. The van der Waals surface area contributed by atoms with Crippen molar-refractivity contribution in [3.63, 3.8) is 0 Å². The van der Waals surface area contributed by atoms with E-state index in [4.69, 9.17) is 26.8 Å². The minimum Gasteiger partial charge on any atom is -0.468 e. The van der Waals surface area contributed by atoms with Crippen LogP contribution in [0.3, 0.4) is 0 Å². The standard InChI is InChI=1S/C13H16ClN5O2/c1-3-4-8-21-12-17-10(15)9-11(18-12)19(7-5-6-14)13(16-9)20-2/h3-4,7-8H2,1-2H3,(H2,15,17,18). The summed E-state index contributed by atoms with van der Waals surface area (Å²) in [4.78, 5) is 12.7. The molecule has 2 heterocycles. The quantitative estimate of drug-likeness (QED) is 0.646. The molecule has 0 aromatic carbocycles. The average Bonchev–Trinajstić information content (AvgIpc) is 2.84. The normalized spacial score (nSPS) is 10.2. The first-order chi connectivity index (χ1) is 10.2. The smallest absolute Gasteiger partial charge is 0.320 e. The van der Waals surface area contributed by atoms with Crippen LogP contribution in [0, 0.1) is 11.3 Å². The minimum absolute atomic E-state index is 0.219. The first-order valence-corrected chi connectivity index (χ1v) is 6.88. The maximum Gasteiger partial charge on any atom is 0.320 e. The molecule has 2 N–H and O–H groups in total. The van der Waals surface area contributed by atoms with Gasteiger partial charge in [-0.3, -0.25) is 4.57 Å². The molecule has 2 aromatic rings. The number of unbranched alkanes of at least 4 members (excludes halogenated alkanes) is 1. The summed E-state index contributed by atoms with van der Waals surface area (Å²) in [7, 11) is 1.51. The number of aromatic nitrogens is 4. The number of fused-ring (bicyclic) bond motifs is 1. The highest BCUT2D eigenvalue weighted by atomic mass is 35.5. The van der Waals surface area contributed by atoms with Gasteiger partial charge < -0.3 is 15.2 Å². The van der Waals surface area contributed by atoms with Gasteiger partial charge in [0.1, 0.15) is 0 Å². The zero-order chi connectivity index (χ0) is 15.2. The van der Waals surface area contributed by atoms with Gasteiger partial charge in [0.05, 0.1) is 20.3 Å². The number of anilines is 1. The fourth-order valence-electron chi connectivity index (χ4n) is 1.76. The van der Waals surface area contributed by atoms with Gasteiger partial charge in [0.2, 0.25) is 0 Å². The van der Waals surface area contributed by atoms with Gasteiger partial charge in [-0.15, -0.1) is 0 Å². The largest absolute Gasteiger partial charge is 0.468 e. The van der Waals surface area contributed by atoms with Gasteiger partial charge >= 0.3 is 6.01 Å². The molecule has 0 atom stereocenters. The first-order valence-electron chi connectivity index (χ1n) is 6.50. The van der Waals surface area contributed by atoms with Crippen LogP contribution in [0.1, 0.15) is 19.8 Å². The lowest BCUT2D eigenvalue weighted by atomic mass is 10.4. The molecule has 2 aromatic heterocycles. The van der Waals surface area contributed by atoms with E-state index in [2.05, 4.69) is 33.2 Å². The van der Waals surface area contributed by atoms with Crippen LogP contribution in [0.15, 0.2) is 0 Å². The molecule has 0 saturated heterocycles. The molecule has 112 valence electrons. The lowest BCUT2D eigenvalue weighted by Crippen LogP contribution is -2.05. The number of imidazole rings is 1. The number of nitrogens with two attached hydrogens (primary N) is 1. The molecule has 0 aliphatic heterocycles. The molecule has 0 fully saturated rings. The van der Waals surface area contributed by atoms with Crippen LogP contribution < -0.4 is 15.2 Å². The van der Waals surface area contributed by atoms with Crippen molar-refractivity contribution >= 4 is 28.6 Å². The van der Waals surface area contributed by atoms with Crippen LogP contribution in [0.25, 0.3) is 11.2 Å². The summed E-state index contributed by atoms with van der Waals surface area (Å²) in [6, 6.07) is 0.562. The number of nitrogen functional groups attached to an aromatic ring is 1. The Morgan fingerprint density at radius 1 is 1.33 bits per heavy atom. The zero-order valence-corrected chi connectivity index (χ0v) is 12.6. The number of hydrogen-bond acceptors (Lipinski definition) is 6. The predicted molar refractivity (Wildman–Crippen MR) is 80.3 cm³/mol. The van der Waals surface area contributed by atoms with Gasteiger partial charge in [-0.25, -0.2) is 0 Å². The average molecular weight is 310 g/mol. The molecule has 0 spiro atoms. The summed E-state index contributed by atoms with van der Waals surface area (Å²) < 4.78 is 12.4. The van der Waals surface area contributed by atoms with Gasteiger partial charge in [0.25, 0.3) is 6.01 Å². The lowest BCUT2D eigenvalue weighted by molar-refractivity contribution is 0.286. The van der Waals surface area contributed by atoms with Crippen molar-refractivity contribution in [3.8, 4) is 23.3 Å². The van der Waals surface area contributed by atoms with Gasteiger partial charge in [-0.05, 0) is 18.0 Å². The van der Waals surface area contributed by atoms with E-state index in [0.29, 0.717) is 23.8 Å². The Bertz CT molecular complexity index is 689. The van der Waals surface area contributed by atoms with Crippen molar-refractivity contribution < 1.29 is 9.47 Å². The maximum atomic E-state index is 5.90. The molecule has 0 aliphatic rings. The van der Waals surface area contributed by atoms with Crippen LogP contribution in [-0.2, 0) is 6.54 Å². The van der Waals surface area contributed by atoms with E-state index >= 15 is 0 Å². The van der Waals surface area contributed by atoms with Crippen LogP contribution in [0.2, 0.25) is 0 Å². The third-order valence-corrected chi connectivity index (χ3v) is 2.92. The van der Waals surface area contributed by atoms with E-state index in [1.807, 2.05) is 0 Å². The van der Waals surface area contributed by atoms with E-state index in [1.54, 1.807) is 4.57 Å². The van der Waals surface area contributed by atoms with Crippen LogP contribution >= 0.6 is 11.6 Å². The fourth-order valence-corrected chi connectivity index (χ4v) is 1.82. The van der Waals surface area contributed by atoms with Crippen molar-refractivity contribution in [2.45, 2.75) is 26.3 Å². The van der Waals surface area contributed by atoms with Crippen LogP contribution in [0.4, 0.5) is 5.82 Å². The second-order valence-corrected chi connectivity index (χ2v) is 4.41. The van der Waals surface area contributed by atoms with Crippen LogP contribution in [-0.4, -0.2) is 33.2 Å². The number of halogens is 1. The highest BCUT2D eigenvalue weighted by Gasteiger charge is 2.17. The predicted octanol–water partition coefficient (Wildman–Crippen LogP) is 1.80. The number of hydrogen-bond donors (Lipinski definition) is 1. The molecule has 0 amide bonds. The molecular weight excluding hydrogens is 294 g/mol. The summed E-state index contributed by atoms with van der Waals surface area (Å²) in [5.74, 6) is 2.96. The summed E-state index contributed by atoms with van der Waals surface area (Å²) in [5, 5.41) is 2.31. The van der Waals surface area contributed by atoms with Gasteiger partial charge in [0.15, 0.2) is 17.0 Å². The molecule has 2 rings (SSSR count). The Balaban J connectivity index is 2.45. The van der Waals surface area contributed by atoms with Crippen molar-refractivity contribution in [2.75, 3.05) is 19.5 Å². The second-order valence-electron chi connectivity index (χ2n) is 4.22. The Morgan fingerprint density at radius 2 is 2.14 bits per heavy atom. The molecular formula is C13H16ClN5O2. The Morgan fingerprint density at radius 3 is 2.81 bits per heavy atom. The number of rotatable bonds is 6. The molecule has 8 heteroatoms. The molecule has 0 bridgehead atoms. The van der Waals surface area contributed by atoms with E-state index < -0.39 is 0 Å².